The smallest absolute Gasteiger partial charge is 0.124 e. The van der Waals surface area contributed by atoms with E-state index in [-0.39, 0.29) is 0 Å². The van der Waals surface area contributed by atoms with Gasteiger partial charge in [0, 0.05) is 12.1 Å². The van der Waals surface area contributed by atoms with E-state index in [9.17, 15) is 5.11 Å². The molecule has 0 aliphatic rings. The number of aromatic nitrogens is 4. The Labute approximate surface area is 129 Å². The maximum Gasteiger partial charge on any atom is 0.124 e. The molecule has 0 radical (unpaired) electrons. The Morgan fingerprint density at radius 1 is 1.33 bits per heavy atom. The van der Waals surface area contributed by atoms with Crippen molar-refractivity contribution in [2.45, 2.75) is 26.5 Å². The van der Waals surface area contributed by atoms with Crippen molar-refractivity contribution < 1.29 is 5.11 Å². The molecule has 21 heavy (non-hydrogen) atoms. The third-order valence-corrected chi connectivity index (χ3v) is 3.58. The summed E-state index contributed by atoms with van der Waals surface area (Å²) in [4.78, 5) is 2.05. The molecule has 1 atom stereocenters. The number of likely N-dealkylation sites (N-methyl/N-ethyl adjacent to an activating group) is 1. The Balaban J connectivity index is 2.36. The molecule has 2 aromatic rings. The Hall–Kier alpha value is -1.50. The molecule has 0 bridgehead atoms. The minimum atomic E-state index is -0.864. The molecular formula is C14H20ClN5O. The minimum Gasteiger partial charge on any atom is -0.382 e. The highest BCUT2D eigenvalue weighted by molar-refractivity contribution is 6.31. The van der Waals surface area contributed by atoms with Gasteiger partial charge in [0.1, 0.15) is 6.10 Å². The lowest BCUT2D eigenvalue weighted by Crippen LogP contribution is -2.21. The largest absolute Gasteiger partial charge is 0.382 e. The third kappa shape index (κ3) is 3.58. The van der Waals surface area contributed by atoms with Crippen LogP contribution in [0.25, 0.3) is 0 Å². The summed E-state index contributed by atoms with van der Waals surface area (Å²) in [6, 6.07) is 1.83. The first-order valence-electron chi connectivity index (χ1n) is 6.75. The van der Waals surface area contributed by atoms with E-state index in [2.05, 4.69) is 20.2 Å². The van der Waals surface area contributed by atoms with Gasteiger partial charge in [0.05, 0.1) is 34.8 Å². The molecule has 0 aromatic carbocycles. The summed E-state index contributed by atoms with van der Waals surface area (Å²) in [5.74, 6) is 0. The summed E-state index contributed by atoms with van der Waals surface area (Å²) >= 11 is 6.20. The van der Waals surface area contributed by atoms with Crippen molar-refractivity contribution in [3.05, 3.63) is 39.9 Å². The van der Waals surface area contributed by atoms with Gasteiger partial charge in [-0.05, 0) is 34.0 Å². The number of aliphatic hydroxyl groups excluding tert-OH is 1. The second kappa shape index (κ2) is 6.51. The van der Waals surface area contributed by atoms with Crippen LogP contribution in [0.15, 0.2) is 12.3 Å². The zero-order valence-electron chi connectivity index (χ0n) is 12.7. The molecule has 0 aliphatic carbocycles. The number of aliphatic hydroxyl groups is 1. The van der Waals surface area contributed by atoms with Crippen LogP contribution in [0.1, 0.15) is 28.7 Å². The van der Waals surface area contributed by atoms with E-state index >= 15 is 0 Å². The molecule has 114 valence electrons. The highest BCUT2D eigenvalue weighted by atomic mass is 35.5. The van der Waals surface area contributed by atoms with Crippen LogP contribution in [-0.2, 0) is 6.54 Å². The normalized spacial score (nSPS) is 12.9. The first kappa shape index (κ1) is 15.9. The molecule has 2 rings (SSSR count). The van der Waals surface area contributed by atoms with Gasteiger partial charge in [-0.1, -0.05) is 11.6 Å². The number of hydrogen-bond donors (Lipinski definition) is 1. The summed E-state index contributed by atoms with van der Waals surface area (Å²) in [7, 11) is 3.98. The van der Waals surface area contributed by atoms with Crippen molar-refractivity contribution in [3.63, 3.8) is 0 Å². The Morgan fingerprint density at radius 3 is 2.71 bits per heavy atom. The van der Waals surface area contributed by atoms with Crippen LogP contribution in [0.4, 0.5) is 0 Å². The molecule has 2 heterocycles. The van der Waals surface area contributed by atoms with Gasteiger partial charge >= 0.3 is 0 Å². The van der Waals surface area contributed by atoms with Gasteiger partial charge in [-0.2, -0.15) is 15.3 Å². The maximum atomic E-state index is 10.7. The zero-order chi connectivity index (χ0) is 15.6. The molecule has 0 amide bonds. The summed E-state index contributed by atoms with van der Waals surface area (Å²) < 4.78 is 1.74. The van der Waals surface area contributed by atoms with E-state index in [0.29, 0.717) is 28.5 Å². The molecule has 0 fully saturated rings. The fourth-order valence-corrected chi connectivity index (χ4v) is 2.36. The van der Waals surface area contributed by atoms with Gasteiger partial charge in [0.15, 0.2) is 0 Å². The SMILES string of the molecule is Cc1cc(C(O)c2c(Cl)cnn2CCN(C)C)c(C)nn1. The number of aryl methyl sites for hydroxylation is 2. The van der Waals surface area contributed by atoms with E-state index in [0.717, 1.165) is 12.2 Å². The predicted octanol–water partition coefficient (Wildman–Crippen LogP) is 1.59. The average Bonchev–Trinajstić information content (AvgIpc) is 2.79. The van der Waals surface area contributed by atoms with E-state index < -0.39 is 6.10 Å². The first-order valence-corrected chi connectivity index (χ1v) is 7.12. The minimum absolute atomic E-state index is 0.454. The molecule has 0 saturated carbocycles. The van der Waals surface area contributed by atoms with Gasteiger partial charge < -0.3 is 10.0 Å². The Kier molecular flexibility index (Phi) is 4.92. The van der Waals surface area contributed by atoms with Gasteiger partial charge in [-0.15, -0.1) is 0 Å². The summed E-state index contributed by atoms with van der Waals surface area (Å²) in [6.07, 6.45) is 0.698. The summed E-state index contributed by atoms with van der Waals surface area (Å²) in [6.45, 7) is 5.13. The number of hydrogen-bond acceptors (Lipinski definition) is 5. The van der Waals surface area contributed by atoms with Crippen molar-refractivity contribution in [2.24, 2.45) is 0 Å². The van der Waals surface area contributed by atoms with Crippen LogP contribution in [0.5, 0.6) is 0 Å². The molecular weight excluding hydrogens is 290 g/mol. The van der Waals surface area contributed by atoms with Crippen LogP contribution in [0.2, 0.25) is 5.02 Å². The second-order valence-electron chi connectivity index (χ2n) is 5.33. The lowest BCUT2D eigenvalue weighted by Gasteiger charge is -2.17. The lowest BCUT2D eigenvalue weighted by atomic mass is 10.1. The van der Waals surface area contributed by atoms with Gasteiger partial charge in [-0.3, -0.25) is 4.68 Å². The van der Waals surface area contributed by atoms with Crippen molar-refractivity contribution in [2.75, 3.05) is 20.6 Å². The Bertz CT molecular complexity index is 626. The van der Waals surface area contributed by atoms with Gasteiger partial charge in [0.25, 0.3) is 0 Å². The molecule has 6 nitrogen and oxygen atoms in total. The lowest BCUT2D eigenvalue weighted by molar-refractivity contribution is 0.204. The highest BCUT2D eigenvalue weighted by Crippen LogP contribution is 2.29. The fraction of sp³-hybridized carbons (Fsp3) is 0.500. The number of halogens is 1. The van der Waals surface area contributed by atoms with E-state index in [4.69, 9.17) is 11.6 Å². The second-order valence-corrected chi connectivity index (χ2v) is 5.74. The molecule has 2 aromatic heterocycles. The third-order valence-electron chi connectivity index (χ3n) is 3.29. The highest BCUT2D eigenvalue weighted by Gasteiger charge is 2.22. The predicted molar refractivity (Wildman–Crippen MR) is 81.4 cm³/mol. The molecule has 0 aliphatic heterocycles. The molecule has 0 saturated heterocycles. The standard InChI is InChI=1S/C14H20ClN5O/c1-9-7-11(10(2)18-17-9)14(21)13-12(15)8-16-20(13)6-5-19(3)4/h7-8,14,21H,5-6H2,1-4H3. The molecule has 1 unspecified atom stereocenters. The number of rotatable bonds is 5. The summed E-state index contributed by atoms with van der Waals surface area (Å²) in [5.41, 5.74) is 2.74. The molecule has 7 heteroatoms. The topological polar surface area (TPSA) is 67.1 Å². The zero-order valence-corrected chi connectivity index (χ0v) is 13.5. The maximum absolute atomic E-state index is 10.7. The van der Waals surface area contributed by atoms with Crippen LogP contribution in [-0.4, -0.2) is 50.6 Å². The van der Waals surface area contributed by atoms with Crippen molar-refractivity contribution in [3.8, 4) is 0 Å². The van der Waals surface area contributed by atoms with E-state index in [1.807, 2.05) is 34.0 Å². The van der Waals surface area contributed by atoms with Crippen LogP contribution in [0.3, 0.4) is 0 Å². The van der Waals surface area contributed by atoms with Crippen molar-refractivity contribution in [1.29, 1.82) is 0 Å². The van der Waals surface area contributed by atoms with Crippen LogP contribution < -0.4 is 0 Å². The van der Waals surface area contributed by atoms with Gasteiger partial charge in [-0.25, -0.2) is 0 Å². The average molecular weight is 310 g/mol. The Morgan fingerprint density at radius 2 is 2.05 bits per heavy atom. The molecule has 1 N–H and O–H groups in total. The quantitative estimate of drug-likeness (QED) is 0.908. The molecule has 0 spiro atoms. The fourth-order valence-electron chi connectivity index (χ4n) is 2.11. The van der Waals surface area contributed by atoms with Crippen molar-refractivity contribution in [1.82, 2.24) is 24.9 Å². The summed E-state index contributed by atoms with van der Waals surface area (Å²) in [5, 5.41) is 23.4. The van der Waals surface area contributed by atoms with Gasteiger partial charge in [0.2, 0.25) is 0 Å². The van der Waals surface area contributed by atoms with E-state index in [1.165, 1.54) is 0 Å². The van der Waals surface area contributed by atoms with Crippen LogP contribution in [0, 0.1) is 13.8 Å². The van der Waals surface area contributed by atoms with E-state index in [1.54, 1.807) is 10.9 Å². The van der Waals surface area contributed by atoms with Crippen LogP contribution >= 0.6 is 11.6 Å². The number of nitrogens with zero attached hydrogens (tertiary/aromatic N) is 5. The first-order chi connectivity index (χ1) is 9.90. The monoisotopic (exact) mass is 309 g/mol. The van der Waals surface area contributed by atoms with Crippen molar-refractivity contribution >= 4 is 11.6 Å².